The monoisotopic (exact) mass is 359 g/mol. The molecule has 25 heavy (non-hydrogen) atoms. The number of piperazine rings is 1. The highest BCUT2D eigenvalue weighted by atomic mass is 32.1. The van der Waals surface area contributed by atoms with Gasteiger partial charge in [0.1, 0.15) is 5.82 Å². The molecule has 4 N–H and O–H groups in total. The number of aliphatic hydroxyl groups excluding tert-OH is 1. The lowest BCUT2D eigenvalue weighted by atomic mass is 10.1. The zero-order valence-corrected chi connectivity index (χ0v) is 14.6. The number of hydrogen-bond donors (Lipinski definition) is 3. The van der Waals surface area contributed by atoms with Crippen LogP contribution >= 0.6 is 11.3 Å². The summed E-state index contributed by atoms with van der Waals surface area (Å²) in [4.78, 5) is 14.6. The maximum atomic E-state index is 9.50. The van der Waals surface area contributed by atoms with E-state index in [4.69, 9.17) is 5.73 Å². The van der Waals surface area contributed by atoms with Crippen LogP contribution in [-0.2, 0) is 6.54 Å². The summed E-state index contributed by atoms with van der Waals surface area (Å²) in [6.45, 7) is 3.65. The third kappa shape index (κ3) is 3.30. The van der Waals surface area contributed by atoms with Crippen molar-refractivity contribution in [1.82, 2.24) is 25.1 Å². The van der Waals surface area contributed by atoms with Crippen LogP contribution in [0.3, 0.4) is 0 Å². The number of nitrogens with one attached hydrogen (secondary N) is 1. The van der Waals surface area contributed by atoms with Crippen LogP contribution in [0, 0.1) is 0 Å². The van der Waals surface area contributed by atoms with E-state index in [0.717, 1.165) is 43.8 Å². The van der Waals surface area contributed by atoms with Crippen molar-refractivity contribution >= 4 is 34.1 Å². The Labute approximate surface area is 149 Å². The molecule has 1 aliphatic rings. The number of aromatic amines is 1. The van der Waals surface area contributed by atoms with E-state index in [-0.39, 0.29) is 18.6 Å². The molecule has 0 bridgehead atoms. The van der Waals surface area contributed by atoms with E-state index < -0.39 is 0 Å². The van der Waals surface area contributed by atoms with E-state index in [2.05, 4.69) is 47.5 Å². The minimum atomic E-state index is 0.173. The Morgan fingerprint density at radius 2 is 2.28 bits per heavy atom. The molecule has 1 fully saturated rings. The van der Waals surface area contributed by atoms with E-state index in [1.54, 1.807) is 17.5 Å². The number of rotatable bonds is 5. The molecule has 4 heterocycles. The van der Waals surface area contributed by atoms with E-state index >= 15 is 0 Å². The molecule has 0 amide bonds. The smallest absolute Gasteiger partial charge is 0.224 e. The fraction of sp³-hybridized carbons (Fsp3) is 0.438. The number of nitrogens with zero attached hydrogens (tertiary/aromatic N) is 5. The van der Waals surface area contributed by atoms with E-state index in [1.807, 2.05) is 0 Å². The number of thiophene rings is 1. The lowest BCUT2D eigenvalue weighted by Gasteiger charge is -2.41. The number of H-pyrrole nitrogens is 1. The van der Waals surface area contributed by atoms with Crippen LogP contribution in [0.2, 0.25) is 0 Å². The largest absolute Gasteiger partial charge is 0.396 e. The second kappa shape index (κ2) is 6.95. The molecule has 1 saturated heterocycles. The summed E-state index contributed by atoms with van der Waals surface area (Å²) >= 11 is 1.77. The Morgan fingerprint density at radius 3 is 3.08 bits per heavy atom. The van der Waals surface area contributed by atoms with Gasteiger partial charge in [0, 0.05) is 43.7 Å². The first-order valence-corrected chi connectivity index (χ1v) is 9.21. The van der Waals surface area contributed by atoms with Gasteiger partial charge in [-0.15, -0.1) is 11.3 Å². The van der Waals surface area contributed by atoms with Gasteiger partial charge in [-0.25, -0.2) is 0 Å². The average Bonchev–Trinajstić information content (AvgIpc) is 3.27. The van der Waals surface area contributed by atoms with Crippen molar-refractivity contribution in [3.63, 3.8) is 0 Å². The number of nitrogens with two attached hydrogens (primary N) is 1. The molecule has 1 atom stereocenters. The number of hydrogen-bond acceptors (Lipinski definition) is 8. The molecule has 0 spiro atoms. The summed E-state index contributed by atoms with van der Waals surface area (Å²) in [5.41, 5.74) is 6.51. The maximum Gasteiger partial charge on any atom is 0.224 e. The zero-order valence-electron chi connectivity index (χ0n) is 13.8. The second-order valence-corrected chi connectivity index (χ2v) is 7.23. The minimum absolute atomic E-state index is 0.173. The lowest BCUT2D eigenvalue weighted by Crippen LogP contribution is -2.53. The number of anilines is 2. The van der Waals surface area contributed by atoms with Crippen LogP contribution in [-0.4, -0.2) is 62.5 Å². The van der Waals surface area contributed by atoms with Gasteiger partial charge >= 0.3 is 0 Å². The molecular formula is C16H21N7OS. The normalized spacial score (nSPS) is 18.9. The van der Waals surface area contributed by atoms with Crippen molar-refractivity contribution in [2.24, 2.45) is 0 Å². The van der Waals surface area contributed by atoms with Gasteiger partial charge in [0.2, 0.25) is 5.95 Å². The minimum Gasteiger partial charge on any atom is -0.396 e. The number of fused-ring (bicyclic) bond motifs is 1. The topological polar surface area (TPSA) is 107 Å². The fourth-order valence-electron chi connectivity index (χ4n) is 3.40. The Bertz CT molecular complexity index is 834. The quantitative estimate of drug-likeness (QED) is 0.625. The van der Waals surface area contributed by atoms with Crippen LogP contribution < -0.4 is 10.6 Å². The Morgan fingerprint density at radius 1 is 1.36 bits per heavy atom. The molecule has 1 unspecified atom stereocenters. The highest BCUT2D eigenvalue weighted by Gasteiger charge is 2.29. The van der Waals surface area contributed by atoms with E-state index in [1.165, 1.54) is 4.88 Å². The third-order valence-electron chi connectivity index (χ3n) is 4.61. The molecule has 4 rings (SSSR count). The number of aliphatic hydroxyl groups is 1. The Kier molecular flexibility index (Phi) is 4.51. The van der Waals surface area contributed by atoms with Crippen molar-refractivity contribution in [2.75, 3.05) is 36.9 Å². The van der Waals surface area contributed by atoms with Crippen LogP contribution in [0.4, 0.5) is 11.8 Å². The molecule has 0 aliphatic carbocycles. The van der Waals surface area contributed by atoms with Gasteiger partial charge in [-0.05, 0) is 17.9 Å². The van der Waals surface area contributed by atoms with Gasteiger partial charge in [-0.2, -0.15) is 15.1 Å². The first-order valence-electron chi connectivity index (χ1n) is 8.33. The molecule has 9 heteroatoms. The summed E-state index contributed by atoms with van der Waals surface area (Å²) in [7, 11) is 0. The van der Waals surface area contributed by atoms with Gasteiger partial charge in [0.25, 0.3) is 0 Å². The SMILES string of the molecule is Nc1nc(N2CCN(Cc3cccs3)C(CCO)C2)c2cn[nH]c2n1. The van der Waals surface area contributed by atoms with Crippen LogP contribution in [0.5, 0.6) is 0 Å². The van der Waals surface area contributed by atoms with Crippen molar-refractivity contribution in [1.29, 1.82) is 0 Å². The summed E-state index contributed by atoms with van der Waals surface area (Å²) in [6, 6.07) is 4.50. The summed E-state index contributed by atoms with van der Waals surface area (Å²) in [6.07, 6.45) is 2.47. The average molecular weight is 359 g/mol. The van der Waals surface area contributed by atoms with Crippen LogP contribution in [0.1, 0.15) is 11.3 Å². The molecule has 0 radical (unpaired) electrons. The fourth-order valence-corrected chi connectivity index (χ4v) is 4.13. The molecule has 132 valence electrons. The van der Waals surface area contributed by atoms with Crippen LogP contribution in [0.25, 0.3) is 11.0 Å². The van der Waals surface area contributed by atoms with Gasteiger partial charge in [-0.1, -0.05) is 6.07 Å². The highest BCUT2D eigenvalue weighted by Crippen LogP contribution is 2.27. The van der Waals surface area contributed by atoms with Gasteiger partial charge < -0.3 is 15.7 Å². The first-order chi connectivity index (χ1) is 12.2. The third-order valence-corrected chi connectivity index (χ3v) is 5.47. The standard InChI is InChI=1S/C16H21N7OS/c17-16-19-14-13(8-18-21-14)15(20-16)23-5-4-22(11(9-23)3-6-24)10-12-2-1-7-25-12/h1-2,7-8,11,24H,3-6,9-10H2,(H3,17,18,19,20,21). The molecule has 3 aromatic heterocycles. The van der Waals surface area contributed by atoms with E-state index in [9.17, 15) is 5.11 Å². The van der Waals surface area contributed by atoms with Crippen LogP contribution in [0.15, 0.2) is 23.7 Å². The number of aromatic nitrogens is 4. The molecule has 0 aromatic carbocycles. The first kappa shape index (κ1) is 16.2. The number of nitrogen functional groups attached to an aromatic ring is 1. The van der Waals surface area contributed by atoms with E-state index in [0.29, 0.717) is 5.65 Å². The van der Waals surface area contributed by atoms with Crippen molar-refractivity contribution < 1.29 is 5.11 Å². The predicted octanol–water partition coefficient (Wildman–Crippen LogP) is 1.07. The summed E-state index contributed by atoms with van der Waals surface area (Å²) < 4.78 is 0. The Hall–Kier alpha value is -2.23. The van der Waals surface area contributed by atoms with Gasteiger partial charge in [-0.3, -0.25) is 10.00 Å². The molecule has 8 nitrogen and oxygen atoms in total. The Balaban J connectivity index is 1.57. The van der Waals surface area contributed by atoms with Gasteiger partial charge in [0.05, 0.1) is 11.6 Å². The van der Waals surface area contributed by atoms with Crippen molar-refractivity contribution in [3.05, 3.63) is 28.6 Å². The molecular weight excluding hydrogens is 338 g/mol. The molecule has 1 aliphatic heterocycles. The predicted molar refractivity (Wildman–Crippen MR) is 98.5 cm³/mol. The van der Waals surface area contributed by atoms with Crippen molar-refractivity contribution in [3.8, 4) is 0 Å². The van der Waals surface area contributed by atoms with Gasteiger partial charge in [0.15, 0.2) is 5.65 Å². The molecule has 3 aromatic rings. The maximum absolute atomic E-state index is 9.50. The molecule has 0 saturated carbocycles. The lowest BCUT2D eigenvalue weighted by molar-refractivity contribution is 0.136. The second-order valence-electron chi connectivity index (χ2n) is 6.20. The summed E-state index contributed by atoms with van der Waals surface area (Å²) in [5, 5.41) is 19.4. The zero-order chi connectivity index (χ0) is 17.2. The highest BCUT2D eigenvalue weighted by molar-refractivity contribution is 7.09. The van der Waals surface area contributed by atoms with Crippen molar-refractivity contribution in [2.45, 2.75) is 19.0 Å². The summed E-state index contributed by atoms with van der Waals surface area (Å²) in [5.74, 6) is 1.06.